The van der Waals surface area contributed by atoms with Gasteiger partial charge in [-0.25, -0.2) is 0 Å². The second-order valence-electron chi connectivity index (χ2n) is 7.24. The molecule has 1 rings (SSSR count). The van der Waals surface area contributed by atoms with Crippen LogP contribution in [0.2, 0.25) is 0 Å². The number of aliphatic hydroxyl groups is 1. The summed E-state index contributed by atoms with van der Waals surface area (Å²) >= 11 is 0. The molecule has 0 aromatic rings. The van der Waals surface area contributed by atoms with Crippen molar-refractivity contribution in [1.29, 1.82) is 0 Å². The maximum Gasteiger partial charge on any atom is 0.0636 e. The van der Waals surface area contributed by atoms with Crippen molar-refractivity contribution in [2.75, 3.05) is 45.8 Å². The van der Waals surface area contributed by atoms with Gasteiger partial charge in [-0.05, 0) is 71.8 Å². The van der Waals surface area contributed by atoms with Crippen LogP contribution in [0.5, 0.6) is 0 Å². The van der Waals surface area contributed by atoms with Crippen LogP contribution in [0.25, 0.3) is 0 Å². The minimum atomic E-state index is -0.240. The molecule has 1 fully saturated rings. The summed E-state index contributed by atoms with van der Waals surface area (Å²) in [5, 5.41) is 12.8. The summed E-state index contributed by atoms with van der Waals surface area (Å²) in [6, 6.07) is 0.675. The Labute approximate surface area is 144 Å². The Morgan fingerprint density at radius 1 is 1.13 bits per heavy atom. The largest absolute Gasteiger partial charge is 0.392 e. The predicted molar refractivity (Wildman–Crippen MR) is 100 cm³/mol. The van der Waals surface area contributed by atoms with E-state index in [-0.39, 0.29) is 6.10 Å². The zero-order valence-electron chi connectivity index (χ0n) is 15.9. The van der Waals surface area contributed by atoms with Crippen LogP contribution >= 0.6 is 0 Å². The molecular weight excluding hydrogens is 286 g/mol. The molecule has 0 amide bonds. The third-order valence-corrected chi connectivity index (χ3v) is 4.89. The van der Waals surface area contributed by atoms with Crippen LogP contribution in [0.1, 0.15) is 65.7 Å². The van der Waals surface area contributed by atoms with Crippen molar-refractivity contribution in [3.63, 3.8) is 0 Å². The number of unbranched alkanes of at least 4 members (excludes halogenated alkanes) is 2. The Morgan fingerprint density at radius 2 is 1.78 bits per heavy atom. The molecule has 1 aliphatic heterocycles. The molecule has 0 radical (unpaired) electrons. The minimum absolute atomic E-state index is 0.240. The summed E-state index contributed by atoms with van der Waals surface area (Å²) in [5.41, 5.74) is 0. The molecule has 2 N–H and O–H groups in total. The van der Waals surface area contributed by atoms with E-state index >= 15 is 0 Å². The zero-order chi connectivity index (χ0) is 16.9. The van der Waals surface area contributed by atoms with Crippen molar-refractivity contribution in [3.05, 3.63) is 0 Å². The van der Waals surface area contributed by atoms with Crippen molar-refractivity contribution in [2.24, 2.45) is 0 Å². The third kappa shape index (κ3) is 9.65. The number of hydrogen-bond acceptors (Lipinski definition) is 4. The monoisotopic (exact) mass is 327 g/mol. The second-order valence-corrected chi connectivity index (χ2v) is 7.24. The number of nitrogens with zero attached hydrogens (tertiary/aromatic N) is 2. The lowest BCUT2D eigenvalue weighted by atomic mass is 10.2. The topological polar surface area (TPSA) is 38.7 Å². The van der Waals surface area contributed by atoms with E-state index in [1.807, 2.05) is 6.92 Å². The highest BCUT2D eigenvalue weighted by Crippen LogP contribution is 2.17. The maximum atomic E-state index is 9.35. The molecule has 4 nitrogen and oxygen atoms in total. The van der Waals surface area contributed by atoms with E-state index in [4.69, 9.17) is 0 Å². The average molecular weight is 328 g/mol. The van der Waals surface area contributed by atoms with Gasteiger partial charge in [0.05, 0.1) is 6.10 Å². The first-order chi connectivity index (χ1) is 11.2. The van der Waals surface area contributed by atoms with Crippen molar-refractivity contribution in [1.82, 2.24) is 15.1 Å². The van der Waals surface area contributed by atoms with Gasteiger partial charge in [-0.15, -0.1) is 0 Å². The van der Waals surface area contributed by atoms with Gasteiger partial charge in [-0.1, -0.05) is 26.7 Å². The van der Waals surface area contributed by atoms with Gasteiger partial charge in [0.1, 0.15) is 0 Å². The number of hydrogen-bond donors (Lipinski definition) is 2. The van der Waals surface area contributed by atoms with Crippen molar-refractivity contribution in [2.45, 2.75) is 77.9 Å². The van der Waals surface area contributed by atoms with Gasteiger partial charge in [-0.2, -0.15) is 0 Å². The number of likely N-dealkylation sites (tertiary alicyclic amines) is 1. The highest BCUT2D eigenvalue weighted by atomic mass is 16.3. The quantitative estimate of drug-likeness (QED) is 0.514. The molecule has 0 aliphatic carbocycles. The van der Waals surface area contributed by atoms with Crippen LogP contribution in [-0.4, -0.2) is 72.9 Å². The summed E-state index contributed by atoms with van der Waals surface area (Å²) in [5.74, 6) is 0. The Bertz CT molecular complexity index is 265. The molecule has 4 heteroatoms. The minimum Gasteiger partial charge on any atom is -0.392 e. The summed E-state index contributed by atoms with van der Waals surface area (Å²) < 4.78 is 0. The Morgan fingerprint density at radius 3 is 2.39 bits per heavy atom. The summed E-state index contributed by atoms with van der Waals surface area (Å²) in [4.78, 5) is 5.33. The van der Waals surface area contributed by atoms with E-state index in [0.29, 0.717) is 12.6 Å². The number of aliphatic hydroxyl groups excluding tert-OH is 1. The normalized spacial score (nSPS) is 20.5. The fraction of sp³-hybridized carbons (Fsp3) is 1.00. The fourth-order valence-corrected chi connectivity index (χ4v) is 3.48. The van der Waals surface area contributed by atoms with E-state index in [1.54, 1.807) is 0 Å². The summed E-state index contributed by atoms with van der Waals surface area (Å²) in [6.07, 6.45) is 8.95. The van der Waals surface area contributed by atoms with Crippen LogP contribution in [0.15, 0.2) is 0 Å². The molecule has 1 saturated heterocycles. The Kier molecular flexibility index (Phi) is 12.0. The molecule has 23 heavy (non-hydrogen) atoms. The average Bonchev–Trinajstić information content (AvgIpc) is 2.96. The molecule has 0 bridgehead atoms. The predicted octanol–water partition coefficient (Wildman–Crippen LogP) is 2.71. The van der Waals surface area contributed by atoms with Crippen molar-refractivity contribution >= 4 is 0 Å². The van der Waals surface area contributed by atoms with E-state index in [0.717, 1.165) is 6.54 Å². The first-order valence-corrected chi connectivity index (χ1v) is 10.0. The van der Waals surface area contributed by atoms with Gasteiger partial charge in [0.15, 0.2) is 0 Å². The smallest absolute Gasteiger partial charge is 0.0636 e. The lowest BCUT2D eigenvalue weighted by Crippen LogP contribution is -2.41. The van der Waals surface area contributed by atoms with Crippen LogP contribution < -0.4 is 5.32 Å². The standard InChI is InChI=1S/C19H41N3O/c1-4-6-11-21(12-7-5-2)13-9-15-22-14-8-10-19(22)17-20-16-18(3)23/h18-20,23H,4-17H2,1-3H3. The van der Waals surface area contributed by atoms with Crippen LogP contribution in [0.4, 0.5) is 0 Å². The second kappa shape index (κ2) is 13.2. The molecule has 1 aliphatic rings. The van der Waals surface area contributed by atoms with E-state index in [2.05, 4.69) is 29.0 Å². The van der Waals surface area contributed by atoms with Crippen molar-refractivity contribution < 1.29 is 5.11 Å². The Balaban J connectivity index is 2.22. The van der Waals surface area contributed by atoms with Gasteiger partial charge >= 0.3 is 0 Å². The lowest BCUT2D eigenvalue weighted by Gasteiger charge is -2.27. The maximum absolute atomic E-state index is 9.35. The highest BCUT2D eigenvalue weighted by molar-refractivity contribution is 4.81. The van der Waals surface area contributed by atoms with Gasteiger partial charge in [0.25, 0.3) is 0 Å². The van der Waals surface area contributed by atoms with Crippen LogP contribution in [-0.2, 0) is 0 Å². The summed E-state index contributed by atoms with van der Waals surface area (Å²) in [7, 11) is 0. The number of nitrogens with one attached hydrogen (secondary N) is 1. The molecule has 138 valence electrons. The Hall–Kier alpha value is -0.160. The molecule has 0 saturated carbocycles. The van der Waals surface area contributed by atoms with Gasteiger partial charge < -0.3 is 15.3 Å². The molecular formula is C19H41N3O. The van der Waals surface area contributed by atoms with Gasteiger partial charge in [-0.3, -0.25) is 4.90 Å². The zero-order valence-corrected chi connectivity index (χ0v) is 15.9. The van der Waals surface area contributed by atoms with Crippen LogP contribution in [0, 0.1) is 0 Å². The molecule has 0 spiro atoms. The molecule has 2 atom stereocenters. The molecule has 2 unspecified atom stereocenters. The summed E-state index contributed by atoms with van der Waals surface area (Å²) in [6.45, 7) is 14.4. The van der Waals surface area contributed by atoms with Crippen molar-refractivity contribution in [3.8, 4) is 0 Å². The lowest BCUT2D eigenvalue weighted by molar-refractivity contribution is 0.179. The van der Waals surface area contributed by atoms with E-state index in [9.17, 15) is 5.11 Å². The first kappa shape index (κ1) is 20.9. The molecule has 1 heterocycles. The molecule has 0 aromatic heterocycles. The SMILES string of the molecule is CCCCN(CCCC)CCCN1CCCC1CNCC(C)O. The van der Waals surface area contributed by atoms with Crippen LogP contribution in [0.3, 0.4) is 0 Å². The van der Waals surface area contributed by atoms with Gasteiger partial charge in [0.2, 0.25) is 0 Å². The highest BCUT2D eigenvalue weighted by Gasteiger charge is 2.23. The number of rotatable bonds is 14. The van der Waals surface area contributed by atoms with E-state index in [1.165, 1.54) is 77.7 Å². The third-order valence-electron chi connectivity index (χ3n) is 4.89. The fourth-order valence-electron chi connectivity index (χ4n) is 3.48. The van der Waals surface area contributed by atoms with Gasteiger partial charge in [0, 0.05) is 19.1 Å². The first-order valence-electron chi connectivity index (χ1n) is 10.0. The van der Waals surface area contributed by atoms with E-state index < -0.39 is 0 Å². The molecule has 0 aromatic carbocycles.